The van der Waals surface area contributed by atoms with Crippen molar-refractivity contribution in [3.63, 3.8) is 0 Å². The predicted octanol–water partition coefficient (Wildman–Crippen LogP) is 3.52. The van der Waals surface area contributed by atoms with Crippen LogP contribution in [0, 0.1) is 0 Å². The summed E-state index contributed by atoms with van der Waals surface area (Å²) >= 11 is 5.98. The number of halogens is 1. The molecule has 0 saturated carbocycles. The Labute approximate surface area is 103 Å². The van der Waals surface area contributed by atoms with Gasteiger partial charge in [0, 0.05) is 10.7 Å². The minimum Gasteiger partial charge on any atom is -0.405 e. The number of anilines is 1. The summed E-state index contributed by atoms with van der Waals surface area (Å²) in [5.41, 5.74) is 12.6. The third kappa shape index (κ3) is 5.47. The van der Waals surface area contributed by atoms with Crippen LogP contribution in [0.25, 0.3) is 0 Å². The fraction of sp³-hybridized carbons (Fsp3) is 0.231. The molecule has 0 aliphatic heterocycles. The largest absolute Gasteiger partial charge is 0.405 e. The van der Waals surface area contributed by atoms with E-state index in [1.54, 1.807) is 18.2 Å². The number of allylic oxidation sites excluding steroid dienone is 3. The molecule has 0 amide bonds. The molecule has 0 aliphatic carbocycles. The van der Waals surface area contributed by atoms with E-state index in [-0.39, 0.29) is 0 Å². The van der Waals surface area contributed by atoms with Crippen LogP contribution in [0.15, 0.2) is 42.6 Å². The van der Waals surface area contributed by atoms with Gasteiger partial charge in [0.2, 0.25) is 0 Å². The number of nitrogen functional groups attached to an aromatic ring is 1. The maximum atomic E-state index is 5.98. The monoisotopic (exact) mass is 238 g/mol. The zero-order valence-electron chi connectivity index (χ0n) is 9.78. The number of hydrogen-bond donors (Lipinski definition) is 2. The molecular weight excluding hydrogens is 220 g/mol. The van der Waals surface area contributed by atoms with Gasteiger partial charge in [0.25, 0.3) is 0 Å². The topological polar surface area (TPSA) is 52.0 Å². The van der Waals surface area contributed by atoms with E-state index >= 15 is 0 Å². The fourth-order valence-electron chi connectivity index (χ4n) is 1.09. The number of benzene rings is 1. The van der Waals surface area contributed by atoms with Gasteiger partial charge in [-0.1, -0.05) is 37.6 Å². The van der Waals surface area contributed by atoms with Crippen molar-refractivity contribution >= 4 is 17.3 Å². The van der Waals surface area contributed by atoms with Gasteiger partial charge < -0.3 is 11.5 Å². The Morgan fingerprint density at radius 1 is 1.25 bits per heavy atom. The van der Waals surface area contributed by atoms with Crippen LogP contribution in [0.1, 0.15) is 19.4 Å². The van der Waals surface area contributed by atoms with Crippen molar-refractivity contribution in [3.05, 3.63) is 53.2 Å². The standard InChI is InChI=1S/C11H13ClN2.C2H6/c12-11-6-5-10(14)8-9(11)4-2-1-3-7-13;1-2/h1-3,5-8H,4,13-14H2;1-2H3/b2-1-,7-3-;. The van der Waals surface area contributed by atoms with Crippen molar-refractivity contribution in [1.82, 2.24) is 0 Å². The molecule has 0 spiro atoms. The van der Waals surface area contributed by atoms with Gasteiger partial charge >= 0.3 is 0 Å². The van der Waals surface area contributed by atoms with E-state index in [1.807, 2.05) is 32.1 Å². The molecule has 88 valence electrons. The van der Waals surface area contributed by atoms with Crippen LogP contribution in [-0.4, -0.2) is 0 Å². The predicted molar refractivity (Wildman–Crippen MR) is 73.4 cm³/mol. The summed E-state index contributed by atoms with van der Waals surface area (Å²) in [5, 5.41) is 0.737. The van der Waals surface area contributed by atoms with E-state index in [0.29, 0.717) is 0 Å². The molecule has 0 heterocycles. The highest BCUT2D eigenvalue weighted by Crippen LogP contribution is 2.19. The maximum absolute atomic E-state index is 5.98. The van der Waals surface area contributed by atoms with Crippen LogP contribution in [0.5, 0.6) is 0 Å². The van der Waals surface area contributed by atoms with Crippen molar-refractivity contribution in [2.45, 2.75) is 20.3 Å². The molecule has 0 aromatic heterocycles. The lowest BCUT2D eigenvalue weighted by Crippen LogP contribution is -1.88. The maximum Gasteiger partial charge on any atom is 0.0442 e. The van der Waals surface area contributed by atoms with Crippen LogP contribution in [0.4, 0.5) is 5.69 Å². The summed E-state index contributed by atoms with van der Waals surface area (Å²) in [5.74, 6) is 0. The smallest absolute Gasteiger partial charge is 0.0442 e. The zero-order valence-corrected chi connectivity index (χ0v) is 10.5. The third-order valence-corrected chi connectivity index (χ3v) is 2.13. The van der Waals surface area contributed by atoms with Crippen LogP contribution in [-0.2, 0) is 6.42 Å². The summed E-state index contributed by atoms with van der Waals surface area (Å²) in [4.78, 5) is 0. The normalized spacial score (nSPS) is 10.4. The summed E-state index contributed by atoms with van der Waals surface area (Å²) in [6.07, 6.45) is 7.86. The minimum atomic E-state index is 0.729. The average Bonchev–Trinajstić information content (AvgIpc) is 2.31. The molecule has 0 radical (unpaired) electrons. The Hall–Kier alpha value is -1.41. The molecule has 0 bridgehead atoms. The van der Waals surface area contributed by atoms with Crippen LogP contribution in [0.3, 0.4) is 0 Å². The van der Waals surface area contributed by atoms with Gasteiger partial charge in [-0.25, -0.2) is 0 Å². The molecule has 0 atom stereocenters. The number of rotatable bonds is 3. The Morgan fingerprint density at radius 2 is 1.94 bits per heavy atom. The first-order valence-corrected chi connectivity index (χ1v) is 5.69. The molecule has 2 nitrogen and oxygen atoms in total. The van der Waals surface area contributed by atoms with Crippen molar-refractivity contribution in [2.75, 3.05) is 5.73 Å². The number of nitrogens with two attached hydrogens (primary N) is 2. The molecule has 16 heavy (non-hydrogen) atoms. The van der Waals surface area contributed by atoms with Gasteiger partial charge in [-0.3, -0.25) is 0 Å². The molecule has 1 aromatic rings. The van der Waals surface area contributed by atoms with Gasteiger partial charge in [0.1, 0.15) is 0 Å². The lowest BCUT2D eigenvalue weighted by Gasteiger charge is -2.01. The lowest BCUT2D eigenvalue weighted by molar-refractivity contribution is 1.27. The highest BCUT2D eigenvalue weighted by atomic mass is 35.5. The second kappa shape index (κ2) is 8.86. The van der Waals surface area contributed by atoms with Crippen LogP contribution >= 0.6 is 11.6 Å². The van der Waals surface area contributed by atoms with Gasteiger partial charge in [-0.15, -0.1) is 0 Å². The Kier molecular flexibility index (Phi) is 8.08. The van der Waals surface area contributed by atoms with Crippen LogP contribution < -0.4 is 11.5 Å². The lowest BCUT2D eigenvalue weighted by atomic mass is 10.1. The Bertz CT molecular complexity index is 357. The summed E-state index contributed by atoms with van der Waals surface area (Å²) < 4.78 is 0. The molecule has 0 aliphatic rings. The van der Waals surface area contributed by atoms with Gasteiger partial charge in [-0.2, -0.15) is 0 Å². The van der Waals surface area contributed by atoms with E-state index in [9.17, 15) is 0 Å². The van der Waals surface area contributed by atoms with E-state index in [0.717, 1.165) is 22.7 Å². The van der Waals surface area contributed by atoms with Crippen LogP contribution in [0.2, 0.25) is 5.02 Å². The zero-order chi connectivity index (χ0) is 12.4. The summed E-state index contributed by atoms with van der Waals surface area (Å²) in [6.45, 7) is 4.00. The molecule has 0 fully saturated rings. The van der Waals surface area contributed by atoms with Gasteiger partial charge in [-0.05, 0) is 42.5 Å². The first kappa shape index (κ1) is 14.6. The molecule has 0 saturated heterocycles. The average molecular weight is 239 g/mol. The number of hydrogen-bond acceptors (Lipinski definition) is 2. The molecular formula is C13H19ClN2. The molecule has 1 aromatic carbocycles. The first-order valence-electron chi connectivity index (χ1n) is 5.31. The Balaban J connectivity index is 0.00000106. The summed E-state index contributed by atoms with van der Waals surface area (Å²) in [6, 6.07) is 5.47. The van der Waals surface area contributed by atoms with Gasteiger partial charge in [0.15, 0.2) is 0 Å². The second-order valence-electron chi connectivity index (χ2n) is 2.87. The van der Waals surface area contributed by atoms with E-state index in [2.05, 4.69) is 0 Å². The van der Waals surface area contributed by atoms with Crippen molar-refractivity contribution in [3.8, 4) is 0 Å². The molecule has 4 N–H and O–H groups in total. The van der Waals surface area contributed by atoms with Gasteiger partial charge in [0.05, 0.1) is 0 Å². The molecule has 1 rings (SSSR count). The minimum absolute atomic E-state index is 0.729. The SMILES string of the molecule is CC.N/C=C\C=C/Cc1cc(N)ccc1Cl. The highest BCUT2D eigenvalue weighted by molar-refractivity contribution is 6.31. The van der Waals surface area contributed by atoms with E-state index in [4.69, 9.17) is 23.1 Å². The fourth-order valence-corrected chi connectivity index (χ4v) is 1.28. The second-order valence-corrected chi connectivity index (χ2v) is 3.28. The van der Waals surface area contributed by atoms with Crippen molar-refractivity contribution in [1.29, 1.82) is 0 Å². The summed E-state index contributed by atoms with van der Waals surface area (Å²) in [7, 11) is 0. The molecule has 3 heteroatoms. The first-order chi connectivity index (χ1) is 7.74. The third-order valence-electron chi connectivity index (χ3n) is 1.77. The van der Waals surface area contributed by atoms with Crippen molar-refractivity contribution < 1.29 is 0 Å². The van der Waals surface area contributed by atoms with Crippen molar-refractivity contribution in [2.24, 2.45) is 5.73 Å². The molecule has 0 unspecified atom stereocenters. The van der Waals surface area contributed by atoms with E-state index in [1.165, 1.54) is 6.20 Å². The quantitative estimate of drug-likeness (QED) is 0.625. The Morgan fingerprint density at radius 3 is 2.56 bits per heavy atom. The van der Waals surface area contributed by atoms with E-state index < -0.39 is 0 Å². The highest BCUT2D eigenvalue weighted by Gasteiger charge is 1.97.